The smallest absolute Gasteiger partial charge is 0.407 e. The lowest BCUT2D eigenvalue weighted by Gasteiger charge is -2.26. The fourth-order valence-corrected chi connectivity index (χ4v) is 3.77. The highest BCUT2D eigenvalue weighted by Crippen LogP contribution is 2.35. The summed E-state index contributed by atoms with van der Waals surface area (Å²) in [5.74, 6) is 0.700. The molecular formula is C20H21N3O3S. The maximum Gasteiger partial charge on any atom is 0.407 e. The van der Waals surface area contributed by atoms with E-state index in [1.165, 1.54) is 18.4 Å². The van der Waals surface area contributed by atoms with Gasteiger partial charge in [0.15, 0.2) is 0 Å². The Labute approximate surface area is 161 Å². The highest BCUT2D eigenvalue weighted by molar-refractivity contribution is 7.20. The van der Waals surface area contributed by atoms with E-state index < -0.39 is 12.2 Å². The first-order chi connectivity index (χ1) is 13.0. The molecule has 0 saturated heterocycles. The summed E-state index contributed by atoms with van der Waals surface area (Å²) >= 11 is 1.45. The Balaban J connectivity index is 1.98. The zero-order chi connectivity index (χ0) is 19.4. The van der Waals surface area contributed by atoms with Crippen LogP contribution in [0.2, 0.25) is 0 Å². The number of nitrogen functional groups attached to an aromatic ring is 1. The Hall–Kier alpha value is -3.06. The van der Waals surface area contributed by atoms with E-state index in [0.29, 0.717) is 10.6 Å². The number of nitrogens with one attached hydrogen (secondary N) is 2. The van der Waals surface area contributed by atoms with E-state index in [1.54, 1.807) is 0 Å². The SMILES string of the molecule is COC(=O)N[C@H](C)[C@H](Oc1cccc2sc(C(=N)N)cc12)c1ccccc1. The summed E-state index contributed by atoms with van der Waals surface area (Å²) in [6, 6.07) is 17.0. The number of hydrogen-bond donors (Lipinski definition) is 3. The molecule has 0 radical (unpaired) electrons. The lowest BCUT2D eigenvalue weighted by molar-refractivity contribution is 0.136. The van der Waals surface area contributed by atoms with Crippen molar-refractivity contribution in [3.8, 4) is 5.75 Å². The minimum atomic E-state index is -0.514. The molecule has 1 amide bonds. The number of methoxy groups -OCH3 is 1. The van der Waals surface area contributed by atoms with Gasteiger partial charge in [0.05, 0.1) is 18.0 Å². The Bertz CT molecular complexity index is 956. The predicted molar refractivity (Wildman–Crippen MR) is 108 cm³/mol. The number of nitrogens with two attached hydrogens (primary N) is 1. The van der Waals surface area contributed by atoms with E-state index in [2.05, 4.69) is 5.32 Å². The van der Waals surface area contributed by atoms with Crippen LogP contribution in [0.3, 0.4) is 0 Å². The number of ether oxygens (including phenoxy) is 2. The van der Waals surface area contributed by atoms with Crippen LogP contribution in [0.1, 0.15) is 23.5 Å². The highest BCUT2D eigenvalue weighted by Gasteiger charge is 2.24. The summed E-state index contributed by atoms with van der Waals surface area (Å²) in [6.45, 7) is 1.86. The van der Waals surface area contributed by atoms with Crippen molar-refractivity contribution in [3.63, 3.8) is 0 Å². The van der Waals surface area contributed by atoms with Crippen molar-refractivity contribution in [1.82, 2.24) is 5.32 Å². The predicted octanol–water partition coefficient (Wildman–Crippen LogP) is 4.05. The molecule has 2 aromatic carbocycles. The maximum atomic E-state index is 11.7. The first-order valence-electron chi connectivity index (χ1n) is 8.42. The molecule has 2 atom stereocenters. The highest BCUT2D eigenvalue weighted by atomic mass is 32.1. The number of hydrogen-bond acceptors (Lipinski definition) is 5. The van der Waals surface area contributed by atoms with Crippen LogP contribution in [0.25, 0.3) is 10.1 Å². The minimum Gasteiger partial charge on any atom is -0.483 e. The zero-order valence-corrected chi connectivity index (χ0v) is 15.9. The van der Waals surface area contributed by atoms with Crippen LogP contribution in [-0.4, -0.2) is 25.1 Å². The van der Waals surface area contributed by atoms with Crippen molar-refractivity contribution in [1.29, 1.82) is 5.41 Å². The Morgan fingerprint density at radius 2 is 1.93 bits per heavy atom. The summed E-state index contributed by atoms with van der Waals surface area (Å²) in [7, 11) is 1.33. The van der Waals surface area contributed by atoms with Gasteiger partial charge in [0.1, 0.15) is 17.7 Å². The molecule has 7 heteroatoms. The number of amides is 1. The second-order valence-electron chi connectivity index (χ2n) is 6.07. The van der Waals surface area contributed by atoms with Crippen molar-refractivity contribution in [3.05, 3.63) is 65.0 Å². The van der Waals surface area contributed by atoms with Crippen LogP contribution in [0.4, 0.5) is 4.79 Å². The van der Waals surface area contributed by atoms with Gasteiger partial charge < -0.3 is 20.5 Å². The van der Waals surface area contributed by atoms with Crippen molar-refractivity contribution >= 4 is 33.4 Å². The average molecular weight is 383 g/mol. The third kappa shape index (κ3) is 4.20. The number of fused-ring (bicyclic) bond motifs is 1. The van der Waals surface area contributed by atoms with Gasteiger partial charge in [-0.2, -0.15) is 0 Å². The molecule has 140 valence electrons. The van der Waals surface area contributed by atoms with Gasteiger partial charge in [-0.05, 0) is 30.7 Å². The first kappa shape index (κ1) is 18.7. The number of benzene rings is 2. The summed E-state index contributed by atoms with van der Waals surface area (Å²) < 4.78 is 12.0. The second kappa shape index (κ2) is 8.09. The van der Waals surface area contributed by atoms with Crippen LogP contribution in [0.5, 0.6) is 5.75 Å². The van der Waals surface area contributed by atoms with Gasteiger partial charge >= 0.3 is 6.09 Å². The fourth-order valence-electron chi connectivity index (χ4n) is 2.83. The maximum absolute atomic E-state index is 11.7. The van der Waals surface area contributed by atoms with E-state index in [1.807, 2.05) is 61.5 Å². The Kier molecular flexibility index (Phi) is 5.61. The molecule has 0 aliphatic carbocycles. The van der Waals surface area contributed by atoms with Crippen LogP contribution in [-0.2, 0) is 4.74 Å². The molecule has 0 aliphatic heterocycles. The molecule has 0 spiro atoms. The second-order valence-corrected chi connectivity index (χ2v) is 7.15. The third-order valence-electron chi connectivity index (χ3n) is 4.15. The van der Waals surface area contributed by atoms with E-state index in [0.717, 1.165) is 15.6 Å². The standard InChI is InChI=1S/C20H21N3O3S/c1-12(23-20(24)25-2)18(13-7-4-3-5-8-13)26-15-9-6-10-16-14(15)11-17(27-16)19(21)22/h3-12,18H,1-2H3,(H3,21,22)(H,23,24)/t12-,18+/m1/s1. The Morgan fingerprint density at radius 1 is 1.19 bits per heavy atom. The fraction of sp³-hybridized carbons (Fsp3) is 0.200. The lowest BCUT2D eigenvalue weighted by atomic mass is 10.0. The lowest BCUT2D eigenvalue weighted by Crippen LogP contribution is -2.39. The molecule has 0 fully saturated rings. The quantitative estimate of drug-likeness (QED) is 0.442. The summed E-state index contributed by atoms with van der Waals surface area (Å²) in [5, 5.41) is 11.3. The number of carbonyl (C=O) groups is 1. The van der Waals surface area contributed by atoms with E-state index in [4.69, 9.17) is 20.6 Å². The van der Waals surface area contributed by atoms with Gasteiger partial charge in [-0.3, -0.25) is 5.41 Å². The van der Waals surface area contributed by atoms with Crippen LogP contribution in [0, 0.1) is 5.41 Å². The number of amidine groups is 1. The van der Waals surface area contributed by atoms with Crippen LogP contribution >= 0.6 is 11.3 Å². The molecule has 0 bridgehead atoms. The number of carbonyl (C=O) groups excluding carboxylic acids is 1. The van der Waals surface area contributed by atoms with Crippen LogP contribution < -0.4 is 15.8 Å². The third-order valence-corrected chi connectivity index (χ3v) is 5.29. The van der Waals surface area contributed by atoms with Crippen LogP contribution in [0.15, 0.2) is 54.6 Å². The summed E-state index contributed by atoms with van der Waals surface area (Å²) in [6.07, 6.45) is -0.934. The molecule has 6 nitrogen and oxygen atoms in total. The average Bonchev–Trinajstić information content (AvgIpc) is 3.12. The molecule has 4 N–H and O–H groups in total. The van der Waals surface area contributed by atoms with Crippen molar-refractivity contribution in [2.75, 3.05) is 7.11 Å². The van der Waals surface area contributed by atoms with Gasteiger partial charge in [0.25, 0.3) is 0 Å². The molecule has 1 heterocycles. The largest absolute Gasteiger partial charge is 0.483 e. The zero-order valence-electron chi connectivity index (χ0n) is 15.1. The number of alkyl carbamates (subject to hydrolysis) is 1. The Morgan fingerprint density at radius 3 is 2.59 bits per heavy atom. The van der Waals surface area contributed by atoms with Gasteiger partial charge in [0.2, 0.25) is 0 Å². The number of rotatable bonds is 6. The molecule has 3 rings (SSSR count). The molecule has 27 heavy (non-hydrogen) atoms. The first-order valence-corrected chi connectivity index (χ1v) is 9.24. The topological polar surface area (TPSA) is 97.4 Å². The normalized spacial score (nSPS) is 13.0. The van der Waals surface area contributed by atoms with Crippen molar-refractivity contribution in [2.24, 2.45) is 5.73 Å². The van der Waals surface area contributed by atoms with Gasteiger partial charge in [0, 0.05) is 10.1 Å². The van der Waals surface area contributed by atoms with E-state index in [9.17, 15) is 4.79 Å². The minimum absolute atomic E-state index is 0.0301. The van der Waals surface area contributed by atoms with Crippen molar-refractivity contribution < 1.29 is 14.3 Å². The monoisotopic (exact) mass is 383 g/mol. The van der Waals surface area contributed by atoms with Gasteiger partial charge in [-0.25, -0.2) is 4.79 Å². The van der Waals surface area contributed by atoms with Gasteiger partial charge in [-0.1, -0.05) is 36.4 Å². The van der Waals surface area contributed by atoms with E-state index in [-0.39, 0.29) is 11.9 Å². The number of thiophene rings is 1. The van der Waals surface area contributed by atoms with Gasteiger partial charge in [-0.15, -0.1) is 11.3 Å². The molecule has 0 unspecified atom stereocenters. The molecule has 1 aromatic heterocycles. The molecule has 0 saturated carbocycles. The van der Waals surface area contributed by atoms with E-state index >= 15 is 0 Å². The molecule has 3 aromatic rings. The summed E-state index contributed by atoms with van der Waals surface area (Å²) in [5.41, 5.74) is 6.56. The molecule has 0 aliphatic rings. The molecular weight excluding hydrogens is 362 g/mol. The summed E-state index contributed by atoms with van der Waals surface area (Å²) in [4.78, 5) is 12.4. The van der Waals surface area contributed by atoms with Crippen molar-refractivity contribution in [2.45, 2.75) is 19.1 Å².